The molecule has 546 valence electrons. The molecule has 0 nitrogen and oxygen atoms in total. The van der Waals surface area contributed by atoms with Gasteiger partial charge in [0.2, 0.25) is 0 Å². The van der Waals surface area contributed by atoms with Crippen molar-refractivity contribution in [3.05, 3.63) is 497 Å². The summed E-state index contributed by atoms with van der Waals surface area (Å²) in [7, 11) is -11.6. The van der Waals surface area contributed by atoms with Gasteiger partial charge in [-0.15, -0.1) is 0 Å². The highest BCUT2D eigenvalue weighted by atomic mass is 28.3. The Bertz CT molecular complexity index is 5540. The highest BCUT2D eigenvalue weighted by molar-refractivity contribution is 7.22. The van der Waals surface area contributed by atoms with E-state index in [4.69, 9.17) is 0 Å². The van der Waals surface area contributed by atoms with E-state index < -0.39 is 32.3 Å². The van der Waals surface area contributed by atoms with E-state index in [9.17, 15) is 0 Å². The Hall–Kier alpha value is -13.7. The summed E-state index contributed by atoms with van der Waals surface area (Å²) < 4.78 is 0. The highest BCUT2D eigenvalue weighted by Crippen LogP contribution is 2.49. The molecule has 0 saturated heterocycles. The topological polar surface area (TPSA) is 0 Å². The molecule has 0 unspecified atom stereocenters. The fraction of sp³-hybridized carbons (Fsp3) is 0. The summed E-state index contributed by atoms with van der Waals surface area (Å²) in [5.74, 6) is 0. The molecule has 20 rings (SSSR count). The van der Waals surface area contributed by atoms with Crippen molar-refractivity contribution in [3.8, 4) is 44.5 Å². The third kappa shape index (κ3) is 11.9. The molecule has 0 aromatic heterocycles. The molecule has 116 heavy (non-hydrogen) atoms. The second-order valence-corrected chi connectivity index (χ2v) is 46.0. The van der Waals surface area contributed by atoms with E-state index in [-0.39, 0.29) is 0 Å². The zero-order valence-corrected chi connectivity index (χ0v) is 68.3. The van der Waals surface area contributed by atoms with Crippen molar-refractivity contribution in [1.82, 2.24) is 0 Å². The van der Waals surface area contributed by atoms with Crippen molar-refractivity contribution in [2.45, 2.75) is 0 Å². The van der Waals surface area contributed by atoms with Gasteiger partial charge in [-0.3, -0.25) is 0 Å². The fourth-order valence-electron chi connectivity index (χ4n) is 19.8. The van der Waals surface area contributed by atoms with Gasteiger partial charge < -0.3 is 0 Å². The largest absolute Gasteiger partial charge is 0.179 e. The Labute approximate surface area is 684 Å². The van der Waals surface area contributed by atoms with Gasteiger partial charge >= 0.3 is 0 Å². The monoisotopic (exact) mass is 1540 g/mol. The summed E-state index contributed by atoms with van der Waals surface area (Å²) in [6.45, 7) is 0. The van der Waals surface area contributed by atoms with Gasteiger partial charge in [-0.2, -0.15) is 0 Å². The lowest BCUT2D eigenvalue weighted by Crippen LogP contribution is -2.74. The molecule has 0 aliphatic heterocycles. The van der Waals surface area contributed by atoms with E-state index in [0.29, 0.717) is 0 Å². The average molecular weight is 1540 g/mol. The van der Waals surface area contributed by atoms with Crippen molar-refractivity contribution < 1.29 is 0 Å². The van der Waals surface area contributed by atoms with Crippen LogP contribution in [-0.2, 0) is 0 Å². The molecule has 0 bridgehead atoms. The van der Waals surface area contributed by atoms with Crippen LogP contribution in [0.5, 0.6) is 0 Å². The summed E-state index contributed by atoms with van der Waals surface area (Å²) in [4.78, 5) is 0. The lowest BCUT2D eigenvalue weighted by molar-refractivity contribution is 1.62. The number of hydrogen-bond donors (Lipinski definition) is 0. The molecule has 0 amide bonds. The van der Waals surface area contributed by atoms with Crippen LogP contribution in [0.2, 0.25) is 0 Å². The molecule has 0 fully saturated rings. The van der Waals surface area contributed by atoms with E-state index in [1.165, 1.54) is 160 Å². The van der Waals surface area contributed by atoms with Gasteiger partial charge in [-0.25, -0.2) is 0 Å². The van der Waals surface area contributed by atoms with Crippen LogP contribution in [-0.4, -0.2) is 32.3 Å². The van der Waals surface area contributed by atoms with Crippen LogP contribution in [0.3, 0.4) is 0 Å². The van der Waals surface area contributed by atoms with Gasteiger partial charge in [0.15, 0.2) is 32.3 Å². The van der Waals surface area contributed by atoms with Crippen molar-refractivity contribution >= 4 is 148 Å². The molecular formula is C112H82Si4. The fourth-order valence-corrected chi connectivity index (χ4v) is 38.8. The number of benzene rings is 20. The summed E-state index contributed by atoms with van der Waals surface area (Å²) in [5.41, 5.74) is 9.45. The van der Waals surface area contributed by atoms with Gasteiger partial charge in [0.1, 0.15) is 0 Å². The first kappa shape index (κ1) is 71.4. The van der Waals surface area contributed by atoms with Gasteiger partial charge in [0.05, 0.1) is 0 Å². The lowest BCUT2D eigenvalue weighted by atomic mass is 9.82. The third-order valence-corrected chi connectivity index (χ3v) is 44.1. The molecule has 0 aliphatic carbocycles. The molecule has 0 radical (unpaired) electrons. The minimum absolute atomic E-state index is 1.17. The van der Waals surface area contributed by atoms with E-state index in [2.05, 4.69) is 497 Å². The molecule has 20 aromatic carbocycles. The minimum atomic E-state index is -2.89. The maximum Gasteiger partial charge on any atom is 0.179 e. The van der Waals surface area contributed by atoms with Gasteiger partial charge in [0, 0.05) is 0 Å². The van der Waals surface area contributed by atoms with E-state index >= 15 is 0 Å². The molecular weight excluding hydrogens is 1460 g/mol. The molecule has 4 heteroatoms. The van der Waals surface area contributed by atoms with Gasteiger partial charge in [0.25, 0.3) is 0 Å². The maximum atomic E-state index is 2.53. The Morgan fingerprint density at radius 3 is 0.336 bits per heavy atom. The van der Waals surface area contributed by atoms with E-state index in [0.717, 1.165) is 0 Å². The van der Waals surface area contributed by atoms with Crippen LogP contribution in [0.15, 0.2) is 497 Å². The van der Waals surface area contributed by atoms with Gasteiger partial charge in [-0.05, 0) is 172 Å². The van der Waals surface area contributed by atoms with Crippen molar-refractivity contribution in [2.75, 3.05) is 0 Å². The molecule has 0 aliphatic rings. The normalized spacial score (nSPS) is 12.0. The summed E-state index contributed by atoms with van der Waals surface area (Å²) in [5, 5.41) is 28.9. The molecule has 0 spiro atoms. The standard InChI is InChI=1S/C112H82Si4/c1-13-37-87(38-14-1)113(88-39-15-2-16-40-88,89-41-17-3-18-42-89)99-69-61-83(62-70-99)107-81-108(84-63-71-100(72-64-84)114(90-43-19-4-20-44-90,91-45-21-5-22-46-91)92-47-23-6-24-48-92)104-79-80-106-110(86-67-75-102(76-68-86)116(96-55-31-10-32-56-96,97-57-33-11-34-58-97)98-59-35-12-36-60-98)82-109(105-78-77-103(107)111(104)112(105)106)85-65-73-101(74-66-85)115(93-49-25-7-26-50-93,94-51-27-8-28-52-94)95-53-29-9-30-54-95/h1-82H. The Morgan fingerprint density at radius 1 is 0.103 bits per heavy atom. The predicted molar refractivity (Wildman–Crippen MR) is 506 cm³/mol. The van der Waals surface area contributed by atoms with Gasteiger partial charge in [-0.1, -0.05) is 485 Å². The summed E-state index contributed by atoms with van der Waals surface area (Å²) >= 11 is 0. The van der Waals surface area contributed by atoms with Crippen LogP contribution < -0.4 is 83.0 Å². The van der Waals surface area contributed by atoms with Crippen LogP contribution in [0.1, 0.15) is 0 Å². The lowest BCUT2D eigenvalue weighted by Gasteiger charge is -2.34. The second-order valence-electron chi connectivity index (χ2n) is 30.7. The van der Waals surface area contributed by atoms with Crippen molar-refractivity contribution in [3.63, 3.8) is 0 Å². The zero-order chi connectivity index (χ0) is 77.3. The van der Waals surface area contributed by atoms with Crippen LogP contribution >= 0.6 is 0 Å². The van der Waals surface area contributed by atoms with Crippen molar-refractivity contribution in [1.29, 1.82) is 0 Å². The summed E-state index contributed by atoms with van der Waals surface area (Å²) in [6.07, 6.45) is 0. The smallest absolute Gasteiger partial charge is 0.0623 e. The van der Waals surface area contributed by atoms with E-state index in [1.54, 1.807) is 0 Å². The quantitative estimate of drug-likeness (QED) is 0.0405. The first-order valence-corrected chi connectivity index (χ1v) is 48.4. The first-order chi connectivity index (χ1) is 57.5. The van der Waals surface area contributed by atoms with Crippen LogP contribution in [0.25, 0.3) is 76.8 Å². The van der Waals surface area contributed by atoms with Crippen LogP contribution in [0.4, 0.5) is 0 Å². The van der Waals surface area contributed by atoms with E-state index in [1.807, 2.05) is 0 Å². The zero-order valence-electron chi connectivity index (χ0n) is 64.3. The average Bonchev–Trinajstić information content (AvgIpc) is 0.708. The maximum absolute atomic E-state index is 2.89. The highest BCUT2D eigenvalue weighted by Gasteiger charge is 2.46. The Balaban J connectivity index is 0.855. The molecule has 0 N–H and O–H groups in total. The summed E-state index contributed by atoms with van der Waals surface area (Å²) in [6, 6.07) is 190. The van der Waals surface area contributed by atoms with Crippen LogP contribution in [0, 0.1) is 0 Å². The second kappa shape index (κ2) is 30.7. The Morgan fingerprint density at radius 2 is 0.216 bits per heavy atom. The van der Waals surface area contributed by atoms with Crippen molar-refractivity contribution in [2.24, 2.45) is 0 Å². The first-order valence-electron chi connectivity index (χ1n) is 40.4. The SMILES string of the molecule is c1ccc([Si](c2ccccc2)(c2ccccc2)c2ccc(-c3cc(-c4ccc([Si](c5ccccc5)(c5ccccc5)c5ccccc5)cc4)c4ccc5c(-c6ccc([Si](c7ccccc7)(c7ccccc7)c7ccccc7)cc6)cc(-c6ccc([Si](c7ccccc7)(c7ccccc7)c7ccccc7)cc6)c6ccc3c4c65)cc2)cc1. The predicted octanol–water partition coefficient (Wildman–Crippen LogP) is 16.8. The minimum Gasteiger partial charge on any atom is -0.0623 e. The number of hydrogen-bond acceptors (Lipinski definition) is 0. The molecule has 0 heterocycles. The number of rotatable bonds is 20. The Kier molecular flexibility index (Phi) is 18.9. The molecule has 20 aromatic rings. The molecule has 0 saturated carbocycles. The third-order valence-electron chi connectivity index (χ3n) is 24.9. The molecule has 0 atom stereocenters.